The number of hydrogen-bond acceptors (Lipinski definition) is 10. The molecule has 10 heteroatoms. The third kappa shape index (κ3) is 6.41. The first-order chi connectivity index (χ1) is 27.8. The first-order valence-electron chi connectivity index (χ1n) is 20.2. The molecule has 10 rings (SSSR count). The summed E-state index contributed by atoms with van der Waals surface area (Å²) in [6.07, 6.45) is 6.95. The molecule has 0 radical (unpaired) electrons. The van der Waals surface area contributed by atoms with Crippen molar-refractivity contribution in [3.8, 4) is 46.0 Å². The van der Waals surface area contributed by atoms with Crippen molar-refractivity contribution in [2.24, 2.45) is 0 Å². The minimum absolute atomic E-state index is 0.0266. The molecule has 1 N–H and O–H groups in total. The number of benzene rings is 4. The van der Waals surface area contributed by atoms with E-state index >= 15 is 0 Å². The number of aliphatic hydroxyl groups excluding tert-OH is 1. The highest BCUT2D eigenvalue weighted by Gasteiger charge is 2.47. The Hall–Kier alpha value is -5.32. The molecule has 0 spiro atoms. The summed E-state index contributed by atoms with van der Waals surface area (Å²) in [6.45, 7) is 15.6. The van der Waals surface area contributed by atoms with Gasteiger partial charge in [0.05, 0.1) is 49.4 Å². The van der Waals surface area contributed by atoms with Gasteiger partial charge in [0.1, 0.15) is 82.6 Å². The highest BCUT2D eigenvalue weighted by molar-refractivity contribution is 5.72. The van der Waals surface area contributed by atoms with Gasteiger partial charge in [-0.2, -0.15) is 0 Å². The number of methoxy groups -OCH3 is 2. The molecule has 10 nitrogen and oxygen atoms in total. The molecule has 0 unspecified atom stereocenters. The standard InChI is InChI=1S/C25H28O5.C23H24O5/c1-6-27-24-16-7-8-18-15(9-10-25(3,4)30-18)23(16)29-21-13-28-20-11-14(2)19(26-5)12-17(20)22(21)24;1-12-9-18-15(10-17(12)25-4)20-19(11-26-18)27-22-13-7-8-23(2,3)28-16(13)6-5-14(22)21(20)24/h7-12,21-22,24H,6,13H2,1-5H3;5-10,19-21,24H,11H2,1-4H3/t21-,22+,24-;19-,20+,21-/m11/s1. The predicted molar refractivity (Wildman–Crippen MR) is 220 cm³/mol. The van der Waals surface area contributed by atoms with Gasteiger partial charge < -0.3 is 47.7 Å². The van der Waals surface area contributed by atoms with Crippen molar-refractivity contribution in [2.75, 3.05) is 34.0 Å². The fourth-order valence-corrected chi connectivity index (χ4v) is 9.14. The molecule has 58 heavy (non-hydrogen) atoms. The average Bonchev–Trinajstić information content (AvgIpc) is 3.19. The Bertz CT molecular complexity index is 2340. The van der Waals surface area contributed by atoms with Gasteiger partial charge in [-0.3, -0.25) is 0 Å². The largest absolute Gasteiger partial charge is 0.496 e. The molecular formula is C48H52O10. The van der Waals surface area contributed by atoms with E-state index in [1.165, 1.54) is 0 Å². The minimum Gasteiger partial charge on any atom is -0.496 e. The van der Waals surface area contributed by atoms with Gasteiger partial charge in [-0.1, -0.05) is 0 Å². The Kier molecular flexibility index (Phi) is 9.36. The Labute approximate surface area is 340 Å². The molecule has 0 aliphatic carbocycles. The van der Waals surface area contributed by atoms with Crippen LogP contribution < -0.4 is 37.9 Å². The van der Waals surface area contributed by atoms with Gasteiger partial charge in [-0.15, -0.1) is 0 Å². The molecule has 4 aromatic carbocycles. The van der Waals surface area contributed by atoms with Crippen LogP contribution in [0.2, 0.25) is 0 Å². The van der Waals surface area contributed by atoms with Crippen LogP contribution in [0.15, 0.2) is 60.7 Å². The highest BCUT2D eigenvalue weighted by Crippen LogP contribution is 2.55. The molecule has 0 aromatic heterocycles. The summed E-state index contributed by atoms with van der Waals surface area (Å²) < 4.78 is 54.6. The lowest BCUT2D eigenvalue weighted by Gasteiger charge is -2.43. The number of ether oxygens (including phenoxy) is 9. The van der Waals surface area contributed by atoms with E-state index in [1.54, 1.807) is 14.2 Å². The first kappa shape index (κ1) is 38.2. The molecule has 6 heterocycles. The van der Waals surface area contributed by atoms with Crippen molar-refractivity contribution in [1.29, 1.82) is 0 Å². The predicted octanol–water partition coefficient (Wildman–Crippen LogP) is 9.36. The topological polar surface area (TPSA) is 103 Å². The molecule has 0 bridgehead atoms. The molecule has 6 aliphatic heterocycles. The SMILES string of the molecule is CCO[C@@H]1c2ccc3c(c2O[C@@H]2COc4cc(C)c(OC)cc4[C@H]12)C=CC(C)(C)O3.COc1cc2c(cc1C)OC[C@H]1Oc3c(ccc4c3C=CC(C)(C)O4)[C@@H](O)[C@@H]21. The zero-order valence-corrected chi connectivity index (χ0v) is 34.6. The third-order valence-electron chi connectivity index (χ3n) is 12.0. The van der Waals surface area contributed by atoms with Crippen LogP contribution in [0.25, 0.3) is 12.2 Å². The summed E-state index contributed by atoms with van der Waals surface area (Å²) in [7, 11) is 3.35. The Morgan fingerprint density at radius 2 is 1.12 bits per heavy atom. The van der Waals surface area contributed by atoms with Crippen molar-refractivity contribution < 1.29 is 47.7 Å². The smallest absolute Gasteiger partial charge is 0.142 e. The van der Waals surface area contributed by atoms with Crippen LogP contribution >= 0.6 is 0 Å². The number of aliphatic hydroxyl groups is 1. The second-order valence-electron chi connectivity index (χ2n) is 16.9. The van der Waals surface area contributed by atoms with Crippen LogP contribution in [0.5, 0.6) is 46.0 Å². The van der Waals surface area contributed by atoms with Gasteiger partial charge in [0.25, 0.3) is 0 Å². The summed E-state index contributed by atoms with van der Waals surface area (Å²) in [6, 6.07) is 16.0. The first-order valence-corrected chi connectivity index (χ1v) is 20.2. The van der Waals surface area contributed by atoms with Crippen molar-refractivity contribution in [1.82, 2.24) is 0 Å². The van der Waals surface area contributed by atoms with Crippen molar-refractivity contribution in [2.45, 2.75) is 95.9 Å². The summed E-state index contributed by atoms with van der Waals surface area (Å²) in [5.41, 5.74) is 7.04. The lowest BCUT2D eigenvalue weighted by Crippen LogP contribution is -2.43. The number of fused-ring (bicyclic) bond motifs is 12. The zero-order chi connectivity index (χ0) is 40.7. The molecule has 0 amide bonds. The van der Waals surface area contributed by atoms with Crippen LogP contribution in [0.3, 0.4) is 0 Å². The fourth-order valence-electron chi connectivity index (χ4n) is 9.14. The summed E-state index contributed by atoms with van der Waals surface area (Å²) >= 11 is 0. The molecule has 0 saturated heterocycles. The second-order valence-corrected chi connectivity index (χ2v) is 16.9. The third-order valence-corrected chi connectivity index (χ3v) is 12.0. The van der Waals surface area contributed by atoms with Crippen molar-refractivity contribution in [3.05, 3.63) is 105 Å². The molecule has 0 fully saturated rings. The lowest BCUT2D eigenvalue weighted by atomic mass is 9.79. The van der Waals surface area contributed by atoms with Gasteiger partial charge in [0, 0.05) is 28.9 Å². The number of rotatable bonds is 4. The van der Waals surface area contributed by atoms with Gasteiger partial charge in [0.15, 0.2) is 0 Å². The normalized spacial score (nSPS) is 25.3. The Morgan fingerprint density at radius 1 is 0.638 bits per heavy atom. The van der Waals surface area contributed by atoms with Gasteiger partial charge in [0.2, 0.25) is 0 Å². The molecule has 6 aliphatic rings. The average molecular weight is 789 g/mol. The van der Waals surface area contributed by atoms with Crippen molar-refractivity contribution in [3.63, 3.8) is 0 Å². The van der Waals surface area contributed by atoms with Crippen LogP contribution in [0.4, 0.5) is 0 Å². The van der Waals surface area contributed by atoms with Crippen LogP contribution in [0.1, 0.15) is 103 Å². The molecule has 6 atom stereocenters. The summed E-state index contributed by atoms with van der Waals surface area (Å²) in [4.78, 5) is 0. The van der Waals surface area contributed by atoms with E-state index in [9.17, 15) is 5.11 Å². The van der Waals surface area contributed by atoms with E-state index in [0.29, 0.717) is 25.6 Å². The van der Waals surface area contributed by atoms with E-state index in [1.807, 2.05) is 91.0 Å². The maximum absolute atomic E-state index is 11.3. The molecule has 304 valence electrons. The lowest BCUT2D eigenvalue weighted by molar-refractivity contribution is -0.0366. The van der Waals surface area contributed by atoms with Crippen LogP contribution in [0, 0.1) is 13.8 Å². The maximum atomic E-state index is 11.3. The van der Waals surface area contributed by atoms with Gasteiger partial charge in [-0.05, 0) is 132 Å². The highest BCUT2D eigenvalue weighted by atomic mass is 16.6. The monoisotopic (exact) mass is 788 g/mol. The van der Waals surface area contributed by atoms with Crippen molar-refractivity contribution >= 4 is 12.2 Å². The van der Waals surface area contributed by atoms with E-state index < -0.39 is 6.10 Å². The van der Waals surface area contributed by atoms with E-state index in [0.717, 1.165) is 84.8 Å². The quantitative estimate of drug-likeness (QED) is 0.215. The van der Waals surface area contributed by atoms with Gasteiger partial charge >= 0.3 is 0 Å². The zero-order valence-electron chi connectivity index (χ0n) is 34.6. The summed E-state index contributed by atoms with van der Waals surface area (Å²) in [5, 5.41) is 11.3. The fraction of sp³-hybridized carbons (Fsp3) is 0.417. The number of hydrogen-bond donors (Lipinski definition) is 1. The molecule has 4 aromatic rings. The summed E-state index contributed by atoms with van der Waals surface area (Å²) in [5.74, 6) is 6.24. The van der Waals surface area contributed by atoms with E-state index in [4.69, 9.17) is 42.6 Å². The minimum atomic E-state index is -0.697. The second kappa shape index (κ2) is 14.2. The Balaban J connectivity index is 0.000000151. The van der Waals surface area contributed by atoms with Gasteiger partial charge in [-0.25, -0.2) is 0 Å². The molecular weight excluding hydrogens is 737 g/mol. The van der Waals surface area contributed by atoms with E-state index in [2.05, 4.69) is 30.4 Å². The number of aryl methyl sites for hydroxylation is 2. The maximum Gasteiger partial charge on any atom is 0.142 e. The van der Waals surface area contributed by atoms with Crippen LogP contribution in [-0.2, 0) is 4.74 Å². The van der Waals surface area contributed by atoms with Crippen LogP contribution in [-0.4, -0.2) is 62.6 Å². The van der Waals surface area contributed by atoms with E-state index in [-0.39, 0.29) is 41.3 Å². The Morgan fingerprint density at radius 3 is 1.64 bits per heavy atom. The molecule has 0 saturated carbocycles.